The maximum Gasteiger partial charge on any atom is 0.313 e. The molecule has 2 bridgehead atoms. The highest BCUT2D eigenvalue weighted by Crippen LogP contribution is 2.49. The maximum absolute atomic E-state index is 9.56. The molecular weight excluding hydrogens is 330 g/mol. The SMILES string of the molecule is CCCC12COC(c3ccc(C#C[Si](C)(C)C)cc3)(OC1)OC2C#N. The molecule has 0 radical (unpaired) electrons. The van der Waals surface area contributed by atoms with Crippen molar-refractivity contribution in [1.82, 2.24) is 0 Å². The minimum atomic E-state index is -1.40. The zero-order valence-electron chi connectivity index (χ0n) is 15.4. The van der Waals surface area contributed by atoms with Crippen LogP contribution < -0.4 is 0 Å². The van der Waals surface area contributed by atoms with Crippen LogP contribution in [0.2, 0.25) is 19.6 Å². The second-order valence-electron chi connectivity index (χ2n) is 7.95. The quantitative estimate of drug-likeness (QED) is 0.611. The molecule has 3 aliphatic heterocycles. The van der Waals surface area contributed by atoms with Crippen LogP contribution in [-0.4, -0.2) is 27.4 Å². The first kappa shape index (κ1) is 18.2. The topological polar surface area (TPSA) is 51.5 Å². The number of rotatable bonds is 3. The van der Waals surface area contributed by atoms with E-state index in [9.17, 15) is 5.26 Å². The number of hydrogen-bond acceptors (Lipinski definition) is 4. The van der Waals surface area contributed by atoms with Crippen LogP contribution in [0.1, 0.15) is 30.9 Å². The van der Waals surface area contributed by atoms with E-state index in [2.05, 4.69) is 44.1 Å². The minimum Gasteiger partial charge on any atom is -0.323 e. The Morgan fingerprint density at radius 2 is 1.80 bits per heavy atom. The van der Waals surface area contributed by atoms with Crippen molar-refractivity contribution in [2.24, 2.45) is 5.41 Å². The van der Waals surface area contributed by atoms with E-state index in [0.29, 0.717) is 13.2 Å². The molecule has 0 N–H and O–H groups in total. The van der Waals surface area contributed by atoms with Crippen molar-refractivity contribution in [3.05, 3.63) is 35.4 Å². The molecular formula is C20H25NO3Si. The average molecular weight is 356 g/mol. The van der Waals surface area contributed by atoms with Crippen molar-refractivity contribution in [2.45, 2.75) is 51.5 Å². The third-order valence-electron chi connectivity index (χ3n) is 4.61. The van der Waals surface area contributed by atoms with E-state index in [4.69, 9.17) is 14.2 Å². The van der Waals surface area contributed by atoms with Crippen molar-refractivity contribution in [1.29, 1.82) is 5.26 Å². The molecule has 132 valence electrons. The maximum atomic E-state index is 9.56. The van der Waals surface area contributed by atoms with Gasteiger partial charge in [-0.05, 0) is 30.7 Å². The van der Waals surface area contributed by atoms with Gasteiger partial charge in [-0.3, -0.25) is 0 Å². The lowest BCUT2D eigenvalue weighted by molar-refractivity contribution is -0.493. The summed E-state index contributed by atoms with van der Waals surface area (Å²) < 4.78 is 17.9. The lowest BCUT2D eigenvalue weighted by Crippen LogP contribution is -2.62. The van der Waals surface area contributed by atoms with Gasteiger partial charge in [-0.25, -0.2) is 0 Å². The zero-order chi connectivity index (χ0) is 18.1. The van der Waals surface area contributed by atoms with E-state index < -0.39 is 20.2 Å². The molecule has 0 saturated carbocycles. The Hall–Kier alpha value is -1.63. The van der Waals surface area contributed by atoms with Crippen LogP contribution in [0, 0.1) is 28.2 Å². The van der Waals surface area contributed by atoms with E-state index >= 15 is 0 Å². The Kier molecular flexibility index (Phi) is 4.79. The normalized spacial score (nSPS) is 31.1. The highest BCUT2D eigenvalue weighted by atomic mass is 28.3. The van der Waals surface area contributed by atoms with Gasteiger partial charge >= 0.3 is 5.97 Å². The van der Waals surface area contributed by atoms with E-state index in [1.807, 2.05) is 24.3 Å². The summed E-state index contributed by atoms with van der Waals surface area (Å²) in [5, 5.41) is 9.56. The summed E-state index contributed by atoms with van der Waals surface area (Å²) in [6, 6.07) is 10.0. The molecule has 0 aliphatic carbocycles. The van der Waals surface area contributed by atoms with Gasteiger partial charge in [-0.15, -0.1) is 5.54 Å². The van der Waals surface area contributed by atoms with Gasteiger partial charge in [-0.2, -0.15) is 5.26 Å². The molecule has 3 fully saturated rings. The number of nitriles is 1. The van der Waals surface area contributed by atoms with E-state index in [1.165, 1.54) is 0 Å². The van der Waals surface area contributed by atoms with Gasteiger partial charge in [0.15, 0.2) is 6.10 Å². The summed E-state index contributed by atoms with van der Waals surface area (Å²) >= 11 is 0. The van der Waals surface area contributed by atoms with Gasteiger partial charge in [0.2, 0.25) is 0 Å². The predicted molar refractivity (Wildman–Crippen MR) is 98.1 cm³/mol. The van der Waals surface area contributed by atoms with Crippen LogP contribution in [-0.2, 0) is 20.2 Å². The zero-order valence-corrected chi connectivity index (χ0v) is 16.4. The van der Waals surface area contributed by atoms with Crippen LogP contribution in [0.25, 0.3) is 0 Å². The minimum absolute atomic E-state index is 0.353. The van der Waals surface area contributed by atoms with Crippen molar-refractivity contribution >= 4 is 8.07 Å². The fraction of sp³-hybridized carbons (Fsp3) is 0.550. The second kappa shape index (κ2) is 6.59. The van der Waals surface area contributed by atoms with Gasteiger partial charge in [0.1, 0.15) is 8.07 Å². The van der Waals surface area contributed by atoms with Gasteiger partial charge in [-0.1, -0.05) is 38.9 Å². The summed E-state index contributed by atoms with van der Waals surface area (Å²) in [4.78, 5) is 0. The average Bonchev–Trinajstić information content (AvgIpc) is 2.61. The molecule has 25 heavy (non-hydrogen) atoms. The lowest BCUT2D eigenvalue weighted by Gasteiger charge is -2.54. The monoisotopic (exact) mass is 355 g/mol. The first-order chi connectivity index (χ1) is 11.8. The molecule has 1 aromatic rings. The third kappa shape index (κ3) is 3.52. The first-order valence-electron chi connectivity index (χ1n) is 8.82. The third-order valence-corrected chi connectivity index (χ3v) is 5.49. The Morgan fingerprint density at radius 3 is 2.32 bits per heavy atom. The first-order valence-corrected chi connectivity index (χ1v) is 12.3. The van der Waals surface area contributed by atoms with Crippen molar-refractivity contribution in [2.75, 3.05) is 13.2 Å². The number of hydrogen-bond donors (Lipinski definition) is 0. The molecule has 5 heteroatoms. The molecule has 3 saturated heterocycles. The van der Waals surface area contributed by atoms with Gasteiger partial charge < -0.3 is 14.2 Å². The van der Waals surface area contributed by atoms with Crippen molar-refractivity contribution in [3.8, 4) is 17.5 Å². The number of benzene rings is 1. The van der Waals surface area contributed by atoms with Crippen LogP contribution in [0.5, 0.6) is 0 Å². The molecule has 0 amide bonds. The van der Waals surface area contributed by atoms with Crippen molar-refractivity contribution in [3.63, 3.8) is 0 Å². The lowest BCUT2D eigenvalue weighted by atomic mass is 9.77. The summed E-state index contributed by atoms with van der Waals surface area (Å²) in [6.07, 6.45) is 1.31. The molecule has 1 atom stereocenters. The standard InChI is InChI=1S/C20H25NO3Si/c1-5-11-19-14-22-20(23-15-19,24-18(19)13-21)17-8-6-16(7-9-17)10-12-25(2,3)4/h6-9,18H,5,11,14-15H2,1-4H3. The molecule has 1 aromatic carbocycles. The summed E-state index contributed by atoms with van der Waals surface area (Å²) in [5.41, 5.74) is 4.74. The number of fused-ring (bicyclic) bond motifs is 3. The van der Waals surface area contributed by atoms with E-state index in [0.717, 1.165) is 24.0 Å². The van der Waals surface area contributed by atoms with E-state index in [1.54, 1.807) is 0 Å². The largest absolute Gasteiger partial charge is 0.323 e. The van der Waals surface area contributed by atoms with Gasteiger partial charge in [0.05, 0.1) is 24.7 Å². The van der Waals surface area contributed by atoms with Gasteiger partial charge in [0, 0.05) is 11.1 Å². The molecule has 4 nitrogen and oxygen atoms in total. The Bertz CT molecular complexity index is 725. The molecule has 1 unspecified atom stereocenters. The Labute approximate surface area is 151 Å². The van der Waals surface area contributed by atoms with E-state index in [-0.39, 0.29) is 5.41 Å². The summed E-state index contributed by atoms with van der Waals surface area (Å²) in [5.74, 6) is 1.97. The highest BCUT2D eigenvalue weighted by molar-refractivity contribution is 6.83. The second-order valence-corrected chi connectivity index (χ2v) is 12.7. The molecule has 3 heterocycles. The molecule has 4 rings (SSSR count). The van der Waals surface area contributed by atoms with Crippen molar-refractivity contribution < 1.29 is 14.2 Å². The summed E-state index contributed by atoms with van der Waals surface area (Å²) in [6.45, 7) is 9.72. The fourth-order valence-electron chi connectivity index (χ4n) is 3.25. The van der Waals surface area contributed by atoms with Crippen LogP contribution in [0.15, 0.2) is 24.3 Å². The fourth-order valence-corrected chi connectivity index (χ4v) is 3.77. The molecule has 0 spiro atoms. The Morgan fingerprint density at radius 1 is 1.16 bits per heavy atom. The predicted octanol–water partition coefficient (Wildman–Crippen LogP) is 3.78. The highest BCUT2D eigenvalue weighted by Gasteiger charge is 2.59. The molecule has 3 aliphatic rings. The van der Waals surface area contributed by atoms with Crippen LogP contribution in [0.3, 0.4) is 0 Å². The Balaban J connectivity index is 1.83. The number of ether oxygens (including phenoxy) is 3. The number of nitrogens with zero attached hydrogens (tertiary/aromatic N) is 1. The van der Waals surface area contributed by atoms with Crippen LogP contribution >= 0.6 is 0 Å². The smallest absolute Gasteiger partial charge is 0.313 e. The molecule has 0 aromatic heterocycles. The summed E-state index contributed by atoms with van der Waals surface area (Å²) in [7, 11) is -1.40. The van der Waals surface area contributed by atoms with Gasteiger partial charge in [0.25, 0.3) is 0 Å². The van der Waals surface area contributed by atoms with Crippen LogP contribution in [0.4, 0.5) is 0 Å².